The summed E-state index contributed by atoms with van der Waals surface area (Å²) < 4.78 is 1.90. The lowest BCUT2D eigenvalue weighted by Crippen LogP contribution is -2.36. The van der Waals surface area contributed by atoms with Crippen LogP contribution < -0.4 is 5.32 Å². The van der Waals surface area contributed by atoms with Gasteiger partial charge in [-0.3, -0.25) is 4.68 Å². The Bertz CT molecular complexity index is 588. The maximum atomic E-state index is 4.31. The maximum absolute atomic E-state index is 4.31. The summed E-state index contributed by atoms with van der Waals surface area (Å²) in [5, 5.41) is 8.08. The molecule has 0 spiro atoms. The van der Waals surface area contributed by atoms with Gasteiger partial charge in [0.15, 0.2) is 0 Å². The molecule has 0 amide bonds. The van der Waals surface area contributed by atoms with Crippen LogP contribution in [0.2, 0.25) is 0 Å². The topological polar surface area (TPSA) is 29.9 Å². The average molecular weight is 283 g/mol. The molecule has 3 heteroatoms. The Balaban J connectivity index is 1.79. The molecule has 0 saturated heterocycles. The van der Waals surface area contributed by atoms with Crippen molar-refractivity contribution in [2.75, 3.05) is 6.54 Å². The molecule has 2 aromatic rings. The van der Waals surface area contributed by atoms with Crippen LogP contribution in [-0.2, 0) is 19.9 Å². The number of fused-ring (bicyclic) bond motifs is 1. The van der Waals surface area contributed by atoms with Gasteiger partial charge in [-0.1, -0.05) is 31.2 Å². The van der Waals surface area contributed by atoms with Crippen molar-refractivity contribution in [2.45, 2.75) is 44.6 Å². The minimum atomic E-state index is 0.512. The van der Waals surface area contributed by atoms with Crippen molar-refractivity contribution in [1.82, 2.24) is 15.1 Å². The first-order chi connectivity index (χ1) is 10.3. The van der Waals surface area contributed by atoms with Gasteiger partial charge >= 0.3 is 0 Å². The molecule has 1 aromatic carbocycles. The van der Waals surface area contributed by atoms with Crippen molar-refractivity contribution in [3.05, 3.63) is 53.3 Å². The molecule has 1 aliphatic carbocycles. The summed E-state index contributed by atoms with van der Waals surface area (Å²) >= 11 is 0. The molecule has 0 bridgehead atoms. The van der Waals surface area contributed by atoms with Crippen LogP contribution in [0.15, 0.2) is 36.7 Å². The Morgan fingerprint density at radius 3 is 3.00 bits per heavy atom. The molecule has 0 aliphatic heterocycles. The van der Waals surface area contributed by atoms with Gasteiger partial charge in [-0.2, -0.15) is 5.10 Å². The first-order valence-electron chi connectivity index (χ1n) is 8.06. The number of nitrogens with zero attached hydrogens (tertiary/aromatic N) is 2. The van der Waals surface area contributed by atoms with E-state index in [1.54, 1.807) is 5.56 Å². The first-order valence-corrected chi connectivity index (χ1v) is 8.06. The van der Waals surface area contributed by atoms with Gasteiger partial charge in [0.25, 0.3) is 0 Å². The van der Waals surface area contributed by atoms with Crippen LogP contribution in [0.3, 0.4) is 0 Å². The highest BCUT2D eigenvalue weighted by atomic mass is 15.2. The quantitative estimate of drug-likeness (QED) is 0.883. The number of aromatic nitrogens is 2. The molecule has 0 saturated carbocycles. The van der Waals surface area contributed by atoms with Crippen molar-refractivity contribution >= 4 is 0 Å². The molecule has 1 heterocycles. The fourth-order valence-electron chi connectivity index (χ4n) is 3.53. The summed E-state index contributed by atoms with van der Waals surface area (Å²) in [4.78, 5) is 0. The normalized spacial score (nSPS) is 18.7. The Morgan fingerprint density at radius 2 is 2.24 bits per heavy atom. The van der Waals surface area contributed by atoms with Crippen LogP contribution in [0.1, 0.15) is 42.4 Å². The molecule has 1 N–H and O–H groups in total. The molecular formula is C18H25N3. The summed E-state index contributed by atoms with van der Waals surface area (Å²) in [5.74, 6) is 0.632. The fourth-order valence-corrected chi connectivity index (χ4v) is 3.53. The molecule has 1 aromatic heterocycles. The molecule has 21 heavy (non-hydrogen) atoms. The van der Waals surface area contributed by atoms with E-state index in [1.165, 1.54) is 30.4 Å². The number of hydrogen-bond donors (Lipinski definition) is 1. The van der Waals surface area contributed by atoms with Crippen molar-refractivity contribution < 1.29 is 0 Å². The van der Waals surface area contributed by atoms with E-state index in [0.717, 1.165) is 13.0 Å². The summed E-state index contributed by atoms with van der Waals surface area (Å²) in [6.07, 6.45) is 8.87. The molecule has 0 fully saturated rings. The second-order valence-electron chi connectivity index (χ2n) is 6.13. The summed E-state index contributed by atoms with van der Waals surface area (Å²) in [6.45, 7) is 3.32. The van der Waals surface area contributed by atoms with E-state index in [2.05, 4.69) is 47.8 Å². The van der Waals surface area contributed by atoms with Crippen LogP contribution in [0.25, 0.3) is 0 Å². The van der Waals surface area contributed by atoms with Gasteiger partial charge in [-0.25, -0.2) is 0 Å². The Labute approximate surface area is 127 Å². The Hall–Kier alpha value is -1.61. The molecule has 2 unspecified atom stereocenters. The van der Waals surface area contributed by atoms with E-state index in [4.69, 9.17) is 0 Å². The zero-order valence-corrected chi connectivity index (χ0v) is 13.0. The summed E-state index contributed by atoms with van der Waals surface area (Å²) in [6, 6.07) is 9.46. The lowest BCUT2D eigenvalue weighted by molar-refractivity contribution is 0.425. The van der Waals surface area contributed by atoms with Gasteiger partial charge in [0.05, 0.1) is 6.20 Å². The minimum absolute atomic E-state index is 0.512. The zero-order chi connectivity index (χ0) is 14.7. The lowest BCUT2D eigenvalue weighted by Gasteiger charge is -2.25. The van der Waals surface area contributed by atoms with Gasteiger partial charge in [-0.05, 0) is 48.9 Å². The minimum Gasteiger partial charge on any atom is -0.313 e. The lowest BCUT2D eigenvalue weighted by atomic mass is 9.89. The van der Waals surface area contributed by atoms with Crippen molar-refractivity contribution in [3.8, 4) is 0 Å². The van der Waals surface area contributed by atoms with Gasteiger partial charge < -0.3 is 5.32 Å². The monoisotopic (exact) mass is 283 g/mol. The highest BCUT2D eigenvalue weighted by Gasteiger charge is 2.29. The second kappa shape index (κ2) is 6.44. The third-order valence-corrected chi connectivity index (χ3v) is 4.54. The van der Waals surface area contributed by atoms with E-state index in [-0.39, 0.29) is 0 Å². The number of nitrogens with one attached hydrogen (secondary N) is 1. The van der Waals surface area contributed by atoms with Crippen molar-refractivity contribution in [2.24, 2.45) is 7.05 Å². The number of benzene rings is 1. The van der Waals surface area contributed by atoms with Crippen molar-refractivity contribution in [3.63, 3.8) is 0 Å². The second-order valence-corrected chi connectivity index (χ2v) is 6.13. The molecule has 3 nitrogen and oxygen atoms in total. The molecule has 112 valence electrons. The largest absolute Gasteiger partial charge is 0.313 e. The summed E-state index contributed by atoms with van der Waals surface area (Å²) in [7, 11) is 1.99. The summed E-state index contributed by atoms with van der Waals surface area (Å²) in [5.41, 5.74) is 4.42. The van der Waals surface area contributed by atoms with E-state index < -0.39 is 0 Å². The Kier molecular flexibility index (Phi) is 4.39. The van der Waals surface area contributed by atoms with Crippen LogP contribution >= 0.6 is 0 Å². The van der Waals surface area contributed by atoms with Crippen LogP contribution in [0.5, 0.6) is 0 Å². The van der Waals surface area contributed by atoms with Gasteiger partial charge in [0.1, 0.15) is 0 Å². The number of hydrogen-bond acceptors (Lipinski definition) is 2. The van der Waals surface area contributed by atoms with Gasteiger partial charge in [-0.15, -0.1) is 0 Å². The standard InChI is InChI=1S/C18H25N3/c1-3-10-19-18(11-14-12-20-21(2)13-14)17-9-8-15-6-4-5-7-16(15)17/h4-7,12-13,17-19H,3,8-11H2,1-2H3. The molecule has 1 aliphatic rings. The van der Waals surface area contributed by atoms with Crippen LogP contribution in [0, 0.1) is 0 Å². The third kappa shape index (κ3) is 3.18. The van der Waals surface area contributed by atoms with E-state index >= 15 is 0 Å². The highest BCUT2D eigenvalue weighted by Crippen LogP contribution is 2.36. The van der Waals surface area contributed by atoms with Crippen LogP contribution in [-0.4, -0.2) is 22.4 Å². The smallest absolute Gasteiger partial charge is 0.0522 e. The zero-order valence-electron chi connectivity index (χ0n) is 13.0. The van der Waals surface area contributed by atoms with Gasteiger partial charge in [0.2, 0.25) is 0 Å². The molecule has 0 radical (unpaired) electrons. The predicted molar refractivity (Wildman–Crippen MR) is 86.5 cm³/mol. The number of rotatable bonds is 6. The van der Waals surface area contributed by atoms with E-state index in [0.29, 0.717) is 12.0 Å². The van der Waals surface area contributed by atoms with E-state index in [1.807, 2.05) is 17.9 Å². The highest BCUT2D eigenvalue weighted by molar-refractivity contribution is 5.36. The van der Waals surface area contributed by atoms with E-state index in [9.17, 15) is 0 Å². The van der Waals surface area contributed by atoms with Crippen LogP contribution in [0.4, 0.5) is 0 Å². The van der Waals surface area contributed by atoms with Crippen molar-refractivity contribution in [1.29, 1.82) is 0 Å². The predicted octanol–water partition coefficient (Wildman–Crippen LogP) is 3.06. The first kappa shape index (κ1) is 14.3. The maximum Gasteiger partial charge on any atom is 0.0522 e. The molecular weight excluding hydrogens is 258 g/mol. The molecule has 2 atom stereocenters. The molecule has 3 rings (SSSR count). The average Bonchev–Trinajstić information content (AvgIpc) is 3.09. The third-order valence-electron chi connectivity index (χ3n) is 4.54. The SMILES string of the molecule is CCCNC(Cc1cnn(C)c1)C1CCc2ccccc21. The number of aryl methyl sites for hydroxylation is 2. The Morgan fingerprint density at radius 1 is 1.38 bits per heavy atom. The fraction of sp³-hybridized carbons (Fsp3) is 0.500. The van der Waals surface area contributed by atoms with Gasteiger partial charge in [0, 0.05) is 25.2 Å².